The van der Waals surface area contributed by atoms with E-state index in [2.05, 4.69) is 69.4 Å². The molecule has 3 aliphatic rings. The number of hydrogen-bond donors (Lipinski definition) is 2. The number of para-hydroxylation sites is 1. The molecule has 1 atom stereocenters. The maximum atomic E-state index is 6.51. The number of aromatic nitrogens is 1. The summed E-state index contributed by atoms with van der Waals surface area (Å²) in [4.78, 5) is 6.98. The lowest BCUT2D eigenvalue weighted by atomic mass is 9.82. The van der Waals surface area contributed by atoms with Crippen molar-refractivity contribution in [1.29, 1.82) is 0 Å². The van der Waals surface area contributed by atoms with Crippen LogP contribution >= 0.6 is 17.7 Å². The molecule has 158 valence electrons. The molecule has 0 spiro atoms. The molecule has 0 amide bonds. The van der Waals surface area contributed by atoms with Crippen LogP contribution in [0.2, 0.25) is 0 Å². The molecule has 2 N–H and O–H groups in total. The summed E-state index contributed by atoms with van der Waals surface area (Å²) in [5.74, 6) is 0. The van der Waals surface area contributed by atoms with Crippen LogP contribution in [0.15, 0.2) is 64.7 Å². The summed E-state index contributed by atoms with van der Waals surface area (Å²) < 4.78 is 7.81. The van der Waals surface area contributed by atoms with Crippen LogP contribution in [0.25, 0.3) is 0 Å². The van der Waals surface area contributed by atoms with Gasteiger partial charge in [0.05, 0.1) is 29.9 Å². The van der Waals surface area contributed by atoms with Gasteiger partial charge in [0.2, 0.25) is 0 Å². The van der Waals surface area contributed by atoms with E-state index in [0.29, 0.717) is 0 Å². The molecule has 2 saturated heterocycles. The number of morpholine rings is 1. The minimum absolute atomic E-state index is 0.0491. The van der Waals surface area contributed by atoms with Gasteiger partial charge in [-0.3, -0.25) is 5.43 Å². The van der Waals surface area contributed by atoms with Gasteiger partial charge < -0.3 is 14.7 Å². The Hall–Kier alpha value is -1.86. The van der Waals surface area contributed by atoms with Crippen molar-refractivity contribution in [2.45, 2.75) is 20.3 Å². The van der Waals surface area contributed by atoms with Crippen molar-refractivity contribution in [1.82, 2.24) is 15.3 Å². The van der Waals surface area contributed by atoms with Crippen LogP contribution in [0.3, 0.4) is 0 Å². The summed E-state index contributed by atoms with van der Waals surface area (Å²) in [5, 5.41) is 7.76. The summed E-state index contributed by atoms with van der Waals surface area (Å²) in [6.45, 7) is 7.91. The molecule has 1 aromatic heterocycles. The normalized spacial score (nSPS) is 25.6. The standard InChI is InChI=1S/C21H26N5OPS2/c1-21(2)14-17-19(18(15-21)25-9-11-27-12-10-25)28(29,24-20-22-8-13-30-20)26(23-17)16-6-4-3-5-7-16/h3-8,13-14,23H,9-12,15H2,1-2H3,(H,22,24,29)/t28-/m1/s1. The number of anilines is 2. The van der Waals surface area contributed by atoms with E-state index in [-0.39, 0.29) is 5.41 Å². The van der Waals surface area contributed by atoms with Crippen LogP contribution in [0.4, 0.5) is 10.8 Å². The first kappa shape index (κ1) is 20.1. The van der Waals surface area contributed by atoms with Crippen LogP contribution in [0, 0.1) is 5.41 Å². The van der Waals surface area contributed by atoms with Crippen molar-refractivity contribution in [2.75, 3.05) is 36.2 Å². The highest BCUT2D eigenvalue weighted by molar-refractivity contribution is 8.18. The predicted molar refractivity (Wildman–Crippen MR) is 128 cm³/mol. The number of thiazole rings is 1. The third kappa shape index (κ3) is 3.56. The van der Waals surface area contributed by atoms with Gasteiger partial charge in [0.15, 0.2) is 11.5 Å². The van der Waals surface area contributed by atoms with Gasteiger partial charge in [0.1, 0.15) is 0 Å². The number of rotatable bonds is 4. The molecule has 30 heavy (non-hydrogen) atoms. The maximum absolute atomic E-state index is 6.51. The third-order valence-electron chi connectivity index (χ3n) is 5.57. The van der Waals surface area contributed by atoms with E-state index in [4.69, 9.17) is 16.5 Å². The fourth-order valence-electron chi connectivity index (χ4n) is 4.29. The zero-order chi connectivity index (χ0) is 20.8. The van der Waals surface area contributed by atoms with E-state index in [1.807, 2.05) is 17.6 Å². The van der Waals surface area contributed by atoms with Gasteiger partial charge in [-0.15, -0.1) is 11.3 Å². The molecular weight excluding hydrogens is 433 g/mol. The molecule has 0 bridgehead atoms. The van der Waals surface area contributed by atoms with Crippen LogP contribution in [-0.2, 0) is 16.5 Å². The Morgan fingerprint density at radius 1 is 1.23 bits per heavy atom. The fourth-order valence-corrected chi connectivity index (χ4v) is 9.17. The van der Waals surface area contributed by atoms with Crippen molar-refractivity contribution in [3.05, 3.63) is 64.7 Å². The topological polar surface area (TPSA) is 52.7 Å². The van der Waals surface area contributed by atoms with Gasteiger partial charge in [-0.25, -0.2) is 9.76 Å². The smallest absolute Gasteiger partial charge is 0.187 e. The first-order valence-corrected chi connectivity index (χ1v) is 13.8. The van der Waals surface area contributed by atoms with Crippen LogP contribution in [0.1, 0.15) is 20.3 Å². The average Bonchev–Trinajstić information content (AvgIpc) is 3.34. The number of fused-ring (bicyclic) bond motifs is 1. The van der Waals surface area contributed by atoms with E-state index >= 15 is 0 Å². The van der Waals surface area contributed by atoms with Crippen molar-refractivity contribution in [2.24, 2.45) is 5.41 Å². The van der Waals surface area contributed by atoms with Crippen molar-refractivity contribution >= 4 is 40.3 Å². The summed E-state index contributed by atoms with van der Waals surface area (Å²) >= 11 is 8.10. The summed E-state index contributed by atoms with van der Waals surface area (Å²) in [6, 6.07) is 10.4. The largest absolute Gasteiger partial charge is 0.378 e. The molecule has 2 aromatic rings. The second-order valence-corrected chi connectivity index (χ2v) is 13.1. The lowest BCUT2D eigenvalue weighted by Gasteiger charge is -2.39. The van der Waals surface area contributed by atoms with Crippen molar-refractivity contribution in [3.8, 4) is 0 Å². The Kier molecular flexibility index (Phi) is 5.14. The quantitative estimate of drug-likeness (QED) is 0.640. The van der Waals surface area contributed by atoms with Gasteiger partial charge in [-0.1, -0.05) is 38.1 Å². The lowest BCUT2D eigenvalue weighted by Crippen LogP contribution is -2.38. The van der Waals surface area contributed by atoms with Crippen LogP contribution in [0.5, 0.6) is 0 Å². The molecule has 9 heteroatoms. The first-order valence-electron chi connectivity index (χ1n) is 10.2. The molecule has 1 aliphatic carbocycles. The van der Waals surface area contributed by atoms with E-state index in [1.54, 1.807) is 11.3 Å². The molecule has 2 aliphatic heterocycles. The lowest BCUT2D eigenvalue weighted by molar-refractivity contribution is 0.0498. The van der Waals surface area contributed by atoms with Gasteiger partial charge >= 0.3 is 0 Å². The minimum Gasteiger partial charge on any atom is -0.378 e. The first-order chi connectivity index (χ1) is 14.5. The second-order valence-electron chi connectivity index (χ2n) is 8.40. The number of nitrogens with one attached hydrogen (secondary N) is 2. The highest BCUT2D eigenvalue weighted by atomic mass is 32.4. The van der Waals surface area contributed by atoms with Crippen LogP contribution in [-0.4, -0.2) is 36.2 Å². The van der Waals surface area contributed by atoms with Gasteiger partial charge in [-0.05, 0) is 35.8 Å². The highest BCUT2D eigenvalue weighted by Crippen LogP contribution is 2.67. The van der Waals surface area contributed by atoms with Crippen molar-refractivity contribution < 1.29 is 4.74 Å². The molecule has 0 unspecified atom stereocenters. The van der Waals surface area contributed by atoms with E-state index < -0.39 is 6.34 Å². The van der Waals surface area contributed by atoms with E-state index in [1.165, 1.54) is 11.0 Å². The number of nitrogens with zero attached hydrogens (tertiary/aromatic N) is 3. The molecule has 6 nitrogen and oxygen atoms in total. The van der Waals surface area contributed by atoms with Gasteiger partial charge in [0, 0.05) is 30.4 Å². The zero-order valence-electron chi connectivity index (χ0n) is 17.2. The monoisotopic (exact) mass is 459 g/mol. The number of ether oxygens (including phenoxy) is 1. The SMILES string of the molecule is CC1(C)C=C2NN(c3ccccc3)[P@](=S)(Nc3nccs3)C2=C(N2CCOCC2)C1. The Morgan fingerprint density at radius 2 is 2.00 bits per heavy atom. The summed E-state index contributed by atoms with van der Waals surface area (Å²) in [6.07, 6.45) is 2.72. The molecule has 3 heterocycles. The van der Waals surface area contributed by atoms with Crippen LogP contribution < -0.4 is 15.3 Å². The number of allylic oxidation sites excluding steroid dienone is 3. The second kappa shape index (κ2) is 7.68. The molecule has 0 saturated carbocycles. The van der Waals surface area contributed by atoms with Gasteiger partial charge in [-0.2, -0.15) is 0 Å². The number of hydrazine groups is 1. The highest BCUT2D eigenvalue weighted by Gasteiger charge is 2.47. The zero-order valence-corrected chi connectivity index (χ0v) is 19.7. The summed E-state index contributed by atoms with van der Waals surface area (Å²) in [7, 11) is 0. The third-order valence-corrected chi connectivity index (χ3v) is 10.2. The fraction of sp³-hybridized carbons (Fsp3) is 0.381. The molecular formula is C21H26N5OPS2. The molecule has 5 rings (SSSR count). The molecule has 1 aromatic carbocycles. The van der Waals surface area contributed by atoms with Crippen molar-refractivity contribution in [3.63, 3.8) is 0 Å². The van der Waals surface area contributed by atoms with E-state index in [0.717, 1.165) is 49.2 Å². The Morgan fingerprint density at radius 3 is 2.70 bits per heavy atom. The Bertz CT molecular complexity index is 1030. The predicted octanol–water partition coefficient (Wildman–Crippen LogP) is 4.75. The summed E-state index contributed by atoms with van der Waals surface area (Å²) in [5.41, 5.74) is 7.26. The molecule has 2 fully saturated rings. The average molecular weight is 460 g/mol. The molecule has 0 radical (unpaired) electrons. The minimum atomic E-state index is -2.42. The Labute approximate surface area is 186 Å². The van der Waals surface area contributed by atoms with E-state index in [9.17, 15) is 0 Å². The number of benzene rings is 1. The Balaban J connectivity index is 1.68. The van der Waals surface area contributed by atoms with Gasteiger partial charge in [0.25, 0.3) is 0 Å². The number of hydrogen-bond acceptors (Lipinski definition) is 6. The maximum Gasteiger partial charge on any atom is 0.187 e.